The topological polar surface area (TPSA) is 77.4 Å². The van der Waals surface area contributed by atoms with Crippen molar-refractivity contribution in [1.29, 1.82) is 0 Å². The maximum Gasteiger partial charge on any atom is 0.152 e. The highest BCUT2D eigenvalue weighted by Crippen LogP contribution is 2.24. The zero-order chi connectivity index (χ0) is 19.3. The summed E-state index contributed by atoms with van der Waals surface area (Å²) in [5.74, 6) is 0.851. The molecule has 0 saturated carbocycles. The van der Waals surface area contributed by atoms with Crippen LogP contribution in [0.3, 0.4) is 0 Å². The van der Waals surface area contributed by atoms with Crippen LogP contribution in [0.1, 0.15) is 5.69 Å². The van der Waals surface area contributed by atoms with Gasteiger partial charge in [0.1, 0.15) is 5.75 Å². The number of hydrogen-bond donors (Lipinski definition) is 0. The number of carbonyl (C=O) groups is 1. The molecule has 0 atom stereocenters. The highest BCUT2D eigenvalue weighted by atomic mass is 16.5. The van der Waals surface area contributed by atoms with Gasteiger partial charge in [0.05, 0.1) is 45.2 Å². The van der Waals surface area contributed by atoms with E-state index in [1.807, 2.05) is 18.2 Å². The molecule has 1 aliphatic rings. The molecule has 1 fully saturated rings. The van der Waals surface area contributed by atoms with E-state index in [4.69, 9.17) is 9.47 Å². The van der Waals surface area contributed by atoms with Crippen LogP contribution < -0.4 is 4.74 Å². The number of morpholine rings is 1. The monoisotopic (exact) mass is 378 g/mol. The van der Waals surface area contributed by atoms with E-state index in [0.29, 0.717) is 31.9 Å². The summed E-state index contributed by atoms with van der Waals surface area (Å²) in [5.41, 5.74) is 2.45. The molecule has 0 radical (unpaired) electrons. The zero-order valence-corrected chi connectivity index (χ0v) is 15.8. The molecule has 1 saturated heterocycles. The molecule has 7 nitrogen and oxygen atoms in total. The second-order valence-electron chi connectivity index (χ2n) is 6.81. The number of ketones is 1. The van der Waals surface area contributed by atoms with Crippen molar-refractivity contribution in [3.8, 4) is 17.0 Å². The van der Waals surface area contributed by atoms with Crippen molar-refractivity contribution in [2.24, 2.45) is 0 Å². The molecule has 0 unspecified atom stereocenters. The molecule has 0 bridgehead atoms. The summed E-state index contributed by atoms with van der Waals surface area (Å²) in [5, 5.41) is 1.93. The van der Waals surface area contributed by atoms with E-state index in [1.54, 1.807) is 31.9 Å². The third-order valence-electron chi connectivity index (χ3n) is 4.79. The summed E-state index contributed by atoms with van der Waals surface area (Å²) in [4.78, 5) is 27.7. The van der Waals surface area contributed by atoms with Crippen LogP contribution >= 0.6 is 0 Å². The Kier molecular flexibility index (Phi) is 5.55. The molecule has 0 N–H and O–H groups in total. The van der Waals surface area contributed by atoms with Gasteiger partial charge in [0.15, 0.2) is 5.78 Å². The van der Waals surface area contributed by atoms with Gasteiger partial charge in [-0.15, -0.1) is 0 Å². The van der Waals surface area contributed by atoms with E-state index >= 15 is 0 Å². The number of hydrogen-bond acceptors (Lipinski definition) is 7. The Bertz CT molecular complexity index is 986. The van der Waals surface area contributed by atoms with Crippen LogP contribution in [0.5, 0.6) is 5.75 Å². The van der Waals surface area contributed by atoms with Crippen molar-refractivity contribution in [2.45, 2.75) is 6.42 Å². The van der Waals surface area contributed by atoms with E-state index in [1.165, 1.54) is 0 Å². The Balaban J connectivity index is 1.53. The first-order chi connectivity index (χ1) is 13.7. The quantitative estimate of drug-likeness (QED) is 0.650. The molecule has 4 rings (SSSR count). The molecule has 144 valence electrons. The number of methoxy groups -OCH3 is 1. The van der Waals surface area contributed by atoms with E-state index < -0.39 is 0 Å². The molecule has 28 heavy (non-hydrogen) atoms. The summed E-state index contributed by atoms with van der Waals surface area (Å²) < 4.78 is 10.6. The third-order valence-corrected chi connectivity index (χ3v) is 4.79. The summed E-state index contributed by atoms with van der Waals surface area (Å²) in [6, 6.07) is 5.85. The molecule has 0 spiro atoms. The normalized spacial score (nSPS) is 14.9. The molecule has 4 heterocycles. The fourth-order valence-electron chi connectivity index (χ4n) is 3.28. The number of fused-ring (bicyclic) bond motifs is 1. The highest BCUT2D eigenvalue weighted by Gasteiger charge is 2.15. The predicted octanol–water partition coefficient (Wildman–Crippen LogP) is 2.14. The van der Waals surface area contributed by atoms with Crippen LogP contribution in [0.25, 0.3) is 22.0 Å². The maximum absolute atomic E-state index is 12.4. The standard InChI is InChI=1S/C21H22N4O3/c1-27-20-7-16(10-22-13-20)21-8-15-6-18(23-11-17(15)12-24-21)9-19(26)14-25-2-4-28-5-3-25/h6-8,10-13H,2-5,9,14H2,1H3. The second kappa shape index (κ2) is 8.41. The highest BCUT2D eigenvalue weighted by molar-refractivity contribution is 5.87. The van der Waals surface area contributed by atoms with Gasteiger partial charge in [0, 0.05) is 48.3 Å². The lowest BCUT2D eigenvalue weighted by Crippen LogP contribution is -2.39. The van der Waals surface area contributed by atoms with Crippen LogP contribution in [-0.4, -0.2) is 65.6 Å². The van der Waals surface area contributed by atoms with Crippen molar-refractivity contribution in [3.63, 3.8) is 0 Å². The van der Waals surface area contributed by atoms with Gasteiger partial charge in [-0.25, -0.2) is 0 Å². The molecule has 3 aromatic heterocycles. The molecular weight excluding hydrogens is 356 g/mol. The summed E-state index contributed by atoms with van der Waals surface area (Å²) in [7, 11) is 1.61. The van der Waals surface area contributed by atoms with Gasteiger partial charge in [-0.1, -0.05) is 0 Å². The van der Waals surface area contributed by atoms with E-state index in [9.17, 15) is 4.79 Å². The number of aromatic nitrogens is 3. The molecule has 0 aliphatic carbocycles. The number of pyridine rings is 3. The molecule has 7 heteroatoms. The summed E-state index contributed by atoms with van der Waals surface area (Å²) in [6.45, 7) is 3.44. The van der Waals surface area contributed by atoms with E-state index in [0.717, 1.165) is 40.8 Å². The molecule has 0 amide bonds. The lowest BCUT2D eigenvalue weighted by molar-refractivity contribution is -0.120. The van der Waals surface area contributed by atoms with Gasteiger partial charge in [0.25, 0.3) is 0 Å². The van der Waals surface area contributed by atoms with Gasteiger partial charge < -0.3 is 9.47 Å². The first kappa shape index (κ1) is 18.5. The lowest BCUT2D eigenvalue weighted by Gasteiger charge is -2.25. The smallest absolute Gasteiger partial charge is 0.152 e. The Hall–Kier alpha value is -2.90. The predicted molar refractivity (Wildman–Crippen MR) is 105 cm³/mol. The Labute approximate surface area is 163 Å². The maximum atomic E-state index is 12.4. The second-order valence-corrected chi connectivity index (χ2v) is 6.81. The van der Waals surface area contributed by atoms with Gasteiger partial charge in [0.2, 0.25) is 0 Å². The first-order valence-corrected chi connectivity index (χ1v) is 9.27. The van der Waals surface area contributed by atoms with E-state index in [-0.39, 0.29) is 5.78 Å². The van der Waals surface area contributed by atoms with Crippen LogP contribution in [0.4, 0.5) is 0 Å². The zero-order valence-electron chi connectivity index (χ0n) is 15.8. The van der Waals surface area contributed by atoms with Gasteiger partial charge in [-0.05, 0) is 23.6 Å². The van der Waals surface area contributed by atoms with Crippen molar-refractivity contribution in [1.82, 2.24) is 19.9 Å². The summed E-state index contributed by atoms with van der Waals surface area (Å²) >= 11 is 0. The first-order valence-electron chi connectivity index (χ1n) is 9.27. The van der Waals surface area contributed by atoms with Crippen LogP contribution in [0.2, 0.25) is 0 Å². The number of carbonyl (C=O) groups excluding carboxylic acids is 1. The fraction of sp³-hybridized carbons (Fsp3) is 0.333. The minimum Gasteiger partial charge on any atom is -0.495 e. The lowest BCUT2D eigenvalue weighted by atomic mass is 10.1. The van der Waals surface area contributed by atoms with Crippen LogP contribution in [0, 0.1) is 0 Å². The van der Waals surface area contributed by atoms with Crippen molar-refractivity contribution >= 4 is 16.6 Å². The minimum absolute atomic E-state index is 0.167. The largest absolute Gasteiger partial charge is 0.495 e. The third kappa shape index (κ3) is 4.32. The number of ether oxygens (including phenoxy) is 2. The number of nitrogens with zero attached hydrogens (tertiary/aromatic N) is 4. The molecule has 1 aliphatic heterocycles. The van der Waals surface area contributed by atoms with Gasteiger partial charge in [-0.3, -0.25) is 24.6 Å². The minimum atomic E-state index is 0.167. The number of rotatable bonds is 6. The molecule has 0 aromatic carbocycles. The van der Waals surface area contributed by atoms with Crippen LogP contribution in [-0.2, 0) is 16.0 Å². The Morgan fingerprint density at radius 2 is 1.89 bits per heavy atom. The van der Waals surface area contributed by atoms with E-state index in [2.05, 4.69) is 19.9 Å². The Morgan fingerprint density at radius 1 is 1.07 bits per heavy atom. The average molecular weight is 378 g/mol. The summed E-state index contributed by atoms with van der Waals surface area (Å²) in [6.07, 6.45) is 7.30. The van der Waals surface area contributed by atoms with Gasteiger partial charge >= 0.3 is 0 Å². The Morgan fingerprint density at radius 3 is 2.71 bits per heavy atom. The van der Waals surface area contributed by atoms with Crippen molar-refractivity contribution < 1.29 is 14.3 Å². The molecular formula is C21H22N4O3. The number of Topliss-reactive ketones (excluding diaryl/α,β-unsaturated/α-hetero) is 1. The molecule has 3 aromatic rings. The van der Waals surface area contributed by atoms with Crippen LogP contribution in [0.15, 0.2) is 43.0 Å². The SMILES string of the molecule is COc1cncc(-c2cc3cc(CC(=O)CN4CCOCC4)ncc3cn2)c1. The van der Waals surface area contributed by atoms with Crippen molar-refractivity contribution in [3.05, 3.63) is 48.7 Å². The van der Waals surface area contributed by atoms with Gasteiger partial charge in [-0.2, -0.15) is 0 Å². The van der Waals surface area contributed by atoms with Crippen molar-refractivity contribution in [2.75, 3.05) is 40.0 Å². The fourth-order valence-corrected chi connectivity index (χ4v) is 3.28. The average Bonchev–Trinajstić information content (AvgIpc) is 2.74.